The van der Waals surface area contributed by atoms with Crippen molar-refractivity contribution in [2.45, 2.75) is 13.0 Å². The summed E-state index contributed by atoms with van der Waals surface area (Å²) in [4.78, 5) is 8.96. The average molecular weight is 406 g/mol. The molecule has 0 radical (unpaired) electrons. The largest absolute Gasteiger partial charge is 0.497 e. The van der Waals surface area contributed by atoms with E-state index < -0.39 is 0 Å². The third-order valence-corrected chi connectivity index (χ3v) is 6.56. The zero-order valence-electron chi connectivity index (χ0n) is 16.7. The molecule has 1 aliphatic rings. The van der Waals surface area contributed by atoms with Gasteiger partial charge >= 0.3 is 0 Å². The van der Waals surface area contributed by atoms with Crippen molar-refractivity contribution in [3.05, 3.63) is 34.5 Å². The van der Waals surface area contributed by atoms with E-state index in [0.29, 0.717) is 10.8 Å². The fourth-order valence-electron chi connectivity index (χ4n) is 3.93. The predicted octanol–water partition coefficient (Wildman–Crippen LogP) is -0.675. The number of benzene rings is 1. The number of nitrogens with zero attached hydrogens (tertiary/aromatic N) is 3. The topological polar surface area (TPSA) is 77.8 Å². The van der Waals surface area contributed by atoms with E-state index in [0.717, 1.165) is 48.1 Å². The molecule has 1 aliphatic heterocycles. The van der Waals surface area contributed by atoms with Crippen LogP contribution in [0.25, 0.3) is 4.96 Å². The van der Waals surface area contributed by atoms with Gasteiger partial charge in [0, 0.05) is 6.07 Å². The normalized spacial score (nSPS) is 21.0. The van der Waals surface area contributed by atoms with Crippen LogP contribution in [0.5, 0.6) is 17.4 Å². The van der Waals surface area contributed by atoms with Gasteiger partial charge in [-0.25, -0.2) is 4.98 Å². The quantitative estimate of drug-likeness (QED) is 0.525. The minimum atomic E-state index is -0.0530. The van der Waals surface area contributed by atoms with Crippen molar-refractivity contribution in [2.24, 2.45) is 0 Å². The molecular weight excluding hydrogens is 378 g/mol. The van der Waals surface area contributed by atoms with E-state index in [1.165, 1.54) is 21.1 Å². The van der Waals surface area contributed by atoms with Crippen LogP contribution < -0.4 is 19.3 Å². The summed E-state index contributed by atoms with van der Waals surface area (Å²) in [5.74, 6) is 2.34. The lowest BCUT2D eigenvalue weighted by Gasteiger charge is -2.33. The maximum absolute atomic E-state index is 11.0. The van der Waals surface area contributed by atoms with Crippen molar-refractivity contribution < 1.29 is 24.4 Å². The molecule has 8 nitrogen and oxygen atoms in total. The van der Waals surface area contributed by atoms with Gasteiger partial charge in [0.1, 0.15) is 48.4 Å². The van der Waals surface area contributed by atoms with Crippen LogP contribution in [0.1, 0.15) is 22.3 Å². The maximum atomic E-state index is 11.0. The Morgan fingerprint density at radius 2 is 1.93 bits per heavy atom. The molecule has 0 bridgehead atoms. The molecule has 1 aromatic carbocycles. The second kappa shape index (κ2) is 7.57. The van der Waals surface area contributed by atoms with Gasteiger partial charge in [-0.15, -0.1) is 5.10 Å². The van der Waals surface area contributed by atoms with Crippen molar-refractivity contribution in [2.75, 3.05) is 47.4 Å². The molecule has 1 saturated heterocycles. The Morgan fingerprint density at radius 1 is 1.18 bits per heavy atom. The van der Waals surface area contributed by atoms with Gasteiger partial charge in [0.2, 0.25) is 10.8 Å². The number of quaternary nitrogens is 2. The van der Waals surface area contributed by atoms with Crippen molar-refractivity contribution in [1.29, 1.82) is 0 Å². The first-order valence-corrected chi connectivity index (χ1v) is 10.3. The lowest BCUT2D eigenvalue weighted by molar-refractivity contribution is -1.02. The SMILES string of the molecule is COc1ccc([C@H](c2sc3nc(C)nn3c2O)[NH+]2CC[NH+](C)CC2)c(OC)c1. The minimum absolute atomic E-state index is 0.0530. The van der Waals surface area contributed by atoms with E-state index in [1.54, 1.807) is 18.7 Å². The number of hydrogen-bond donors (Lipinski definition) is 3. The van der Waals surface area contributed by atoms with Crippen LogP contribution in [0.3, 0.4) is 0 Å². The lowest BCUT2D eigenvalue weighted by atomic mass is 10.0. The molecule has 0 amide bonds. The molecule has 28 heavy (non-hydrogen) atoms. The van der Waals surface area contributed by atoms with Crippen molar-refractivity contribution >= 4 is 16.3 Å². The van der Waals surface area contributed by atoms with Gasteiger partial charge in [-0.3, -0.25) is 0 Å². The fraction of sp³-hybridized carbons (Fsp3) is 0.474. The highest BCUT2D eigenvalue weighted by Crippen LogP contribution is 2.39. The Balaban J connectivity index is 1.84. The molecule has 0 aliphatic carbocycles. The summed E-state index contributed by atoms with van der Waals surface area (Å²) >= 11 is 1.50. The summed E-state index contributed by atoms with van der Waals surface area (Å²) in [7, 11) is 5.54. The second-order valence-electron chi connectivity index (χ2n) is 7.30. The van der Waals surface area contributed by atoms with Crippen LogP contribution in [-0.4, -0.2) is 67.2 Å². The number of fused-ring (bicyclic) bond motifs is 1. The van der Waals surface area contributed by atoms with Gasteiger partial charge in [0.15, 0.2) is 6.04 Å². The predicted molar refractivity (Wildman–Crippen MR) is 106 cm³/mol. The number of nitrogens with one attached hydrogen (secondary N) is 2. The molecule has 1 fully saturated rings. The monoisotopic (exact) mass is 405 g/mol. The summed E-state index contributed by atoms with van der Waals surface area (Å²) in [6.45, 7) is 6.03. The molecule has 3 N–H and O–H groups in total. The highest BCUT2D eigenvalue weighted by molar-refractivity contribution is 7.17. The minimum Gasteiger partial charge on any atom is -0.497 e. The summed E-state index contributed by atoms with van der Waals surface area (Å²) in [5.41, 5.74) is 1.04. The molecule has 2 aromatic heterocycles. The average Bonchev–Trinajstić information content (AvgIpc) is 3.21. The third kappa shape index (κ3) is 3.30. The van der Waals surface area contributed by atoms with Gasteiger partial charge < -0.3 is 24.4 Å². The summed E-state index contributed by atoms with van der Waals surface area (Å²) in [6, 6.07) is 5.84. The van der Waals surface area contributed by atoms with Crippen LogP contribution in [-0.2, 0) is 0 Å². The third-order valence-electron chi connectivity index (χ3n) is 5.47. The number of piperazine rings is 1. The maximum Gasteiger partial charge on any atom is 0.235 e. The van der Waals surface area contributed by atoms with Crippen molar-refractivity contribution in [3.63, 3.8) is 0 Å². The van der Waals surface area contributed by atoms with E-state index >= 15 is 0 Å². The molecule has 9 heteroatoms. The number of likely N-dealkylation sites (N-methyl/N-ethyl adjacent to an activating group) is 1. The number of thiazole rings is 1. The Kier molecular flexibility index (Phi) is 5.13. The van der Waals surface area contributed by atoms with E-state index in [9.17, 15) is 5.11 Å². The number of rotatable bonds is 5. The van der Waals surface area contributed by atoms with Crippen molar-refractivity contribution in [1.82, 2.24) is 14.6 Å². The van der Waals surface area contributed by atoms with E-state index in [4.69, 9.17) is 9.47 Å². The van der Waals surface area contributed by atoms with Gasteiger partial charge in [0.25, 0.3) is 0 Å². The number of aryl methyl sites for hydroxylation is 1. The second-order valence-corrected chi connectivity index (χ2v) is 8.31. The van der Waals surface area contributed by atoms with Gasteiger partial charge in [0.05, 0.1) is 26.8 Å². The first-order valence-electron chi connectivity index (χ1n) is 9.44. The molecular formula is C19H27N5O3S+2. The first kappa shape index (κ1) is 19.0. The van der Waals surface area contributed by atoms with Crippen LogP contribution in [0.2, 0.25) is 0 Å². The lowest BCUT2D eigenvalue weighted by Crippen LogP contribution is -3.27. The van der Waals surface area contributed by atoms with E-state index in [-0.39, 0.29) is 11.9 Å². The Hall–Kier alpha value is -2.36. The zero-order valence-corrected chi connectivity index (χ0v) is 17.5. The molecule has 4 rings (SSSR count). The van der Waals surface area contributed by atoms with Gasteiger partial charge in [-0.2, -0.15) is 4.52 Å². The highest BCUT2D eigenvalue weighted by Gasteiger charge is 2.37. The van der Waals surface area contributed by atoms with Gasteiger partial charge in [-0.1, -0.05) is 11.3 Å². The standard InChI is InChI=1S/C19H25N5O3S/c1-12-20-19-24(21-12)18(25)17(28-19)16(23-9-7-22(2)8-10-23)14-6-5-13(26-3)11-15(14)27-4/h5-6,11,16,25H,7-10H2,1-4H3/p+2/t16-/m1/s1. The molecule has 150 valence electrons. The van der Waals surface area contributed by atoms with Crippen molar-refractivity contribution in [3.8, 4) is 17.4 Å². The Morgan fingerprint density at radius 3 is 2.57 bits per heavy atom. The molecule has 0 saturated carbocycles. The number of ether oxygens (including phenoxy) is 2. The zero-order chi connectivity index (χ0) is 19.8. The summed E-state index contributed by atoms with van der Waals surface area (Å²) < 4.78 is 12.6. The molecule has 3 heterocycles. The van der Waals surface area contributed by atoms with E-state index in [1.807, 2.05) is 25.1 Å². The first-order chi connectivity index (χ1) is 13.5. The van der Waals surface area contributed by atoms with E-state index in [2.05, 4.69) is 17.1 Å². The number of aromatic hydroxyl groups is 1. The van der Waals surface area contributed by atoms with Crippen LogP contribution >= 0.6 is 11.3 Å². The summed E-state index contributed by atoms with van der Waals surface area (Å²) in [5, 5.41) is 15.3. The van der Waals surface area contributed by atoms with Crippen LogP contribution in [0, 0.1) is 6.92 Å². The Labute approximate surface area is 167 Å². The van der Waals surface area contributed by atoms with Gasteiger partial charge in [-0.05, 0) is 19.1 Å². The molecule has 1 atom stereocenters. The highest BCUT2D eigenvalue weighted by atomic mass is 32.1. The number of aromatic nitrogens is 3. The number of hydrogen-bond acceptors (Lipinski definition) is 6. The molecule has 3 aromatic rings. The van der Waals surface area contributed by atoms with Crippen LogP contribution in [0.4, 0.5) is 0 Å². The smallest absolute Gasteiger partial charge is 0.235 e. The Bertz CT molecular complexity index is 978. The number of methoxy groups -OCH3 is 2. The summed E-state index contributed by atoms with van der Waals surface area (Å²) in [6.07, 6.45) is 0. The molecule has 0 spiro atoms. The van der Waals surface area contributed by atoms with Crippen LogP contribution in [0.15, 0.2) is 18.2 Å². The molecule has 0 unspecified atom stereocenters. The fourth-order valence-corrected chi connectivity index (χ4v) is 5.10.